The lowest BCUT2D eigenvalue weighted by molar-refractivity contribution is 0.0697. The summed E-state index contributed by atoms with van der Waals surface area (Å²) in [5.74, 6) is 0.585. The molecule has 4 rings (SSSR count). The Morgan fingerprint density at radius 3 is 2.50 bits per heavy atom. The second-order valence-electron chi connectivity index (χ2n) is 6.79. The molecule has 0 saturated carbocycles. The number of rotatable bonds is 3. The fourth-order valence-corrected chi connectivity index (χ4v) is 5.30. The molecule has 0 bridgehead atoms. The number of amides is 1. The van der Waals surface area contributed by atoms with E-state index in [1.165, 1.54) is 22.5 Å². The van der Waals surface area contributed by atoms with Crippen molar-refractivity contribution in [2.75, 3.05) is 39.4 Å². The van der Waals surface area contributed by atoms with E-state index in [1.807, 2.05) is 6.07 Å². The molecule has 2 aromatic rings. The average Bonchev–Trinajstić information content (AvgIpc) is 2.78. The van der Waals surface area contributed by atoms with E-state index < -0.39 is 10.0 Å². The maximum Gasteiger partial charge on any atom is 0.254 e. The molecule has 0 spiro atoms. The molecule has 0 N–H and O–H groups in total. The number of hydrogen-bond donors (Lipinski definition) is 0. The zero-order valence-corrected chi connectivity index (χ0v) is 17.4. The minimum atomic E-state index is -3.82. The standard InChI is InChI=1S/C20H18ClN3O5S/c21-16-11-15(12-17-19(16)29-10-9-28-17)20(25)23-5-7-24(8-6-23)30(26,27)18-4-2-1-3-14(18)13-22/h1-4,11-12H,5-10H2. The van der Waals surface area contributed by atoms with Gasteiger partial charge in [0.05, 0.1) is 15.5 Å². The van der Waals surface area contributed by atoms with Crippen LogP contribution in [-0.4, -0.2) is 62.9 Å². The van der Waals surface area contributed by atoms with Crippen LogP contribution in [-0.2, 0) is 10.0 Å². The number of carbonyl (C=O) groups is 1. The van der Waals surface area contributed by atoms with Crippen molar-refractivity contribution < 1.29 is 22.7 Å². The quantitative estimate of drug-likeness (QED) is 0.714. The molecule has 1 saturated heterocycles. The predicted octanol–water partition coefficient (Wildman–Crippen LogP) is 2.13. The zero-order valence-electron chi connectivity index (χ0n) is 15.9. The van der Waals surface area contributed by atoms with Gasteiger partial charge in [-0.15, -0.1) is 0 Å². The Hall–Kier alpha value is -2.80. The normalized spacial score (nSPS) is 16.7. The number of ether oxygens (including phenoxy) is 2. The van der Waals surface area contributed by atoms with Gasteiger partial charge in [0, 0.05) is 31.7 Å². The van der Waals surface area contributed by atoms with Gasteiger partial charge in [-0.3, -0.25) is 4.79 Å². The number of piperazine rings is 1. The molecule has 2 heterocycles. The van der Waals surface area contributed by atoms with Crippen LogP contribution >= 0.6 is 11.6 Å². The highest BCUT2D eigenvalue weighted by Crippen LogP contribution is 2.38. The van der Waals surface area contributed by atoms with Crippen LogP contribution < -0.4 is 9.47 Å². The summed E-state index contributed by atoms with van der Waals surface area (Å²) < 4.78 is 38.2. The summed E-state index contributed by atoms with van der Waals surface area (Å²) in [7, 11) is -3.82. The molecule has 2 aliphatic rings. The molecular formula is C20H18ClN3O5S. The van der Waals surface area contributed by atoms with Crippen molar-refractivity contribution in [3.8, 4) is 17.6 Å². The second-order valence-corrected chi connectivity index (χ2v) is 9.10. The number of sulfonamides is 1. The third-order valence-corrected chi connectivity index (χ3v) is 7.23. The lowest BCUT2D eigenvalue weighted by Crippen LogP contribution is -2.50. The molecule has 30 heavy (non-hydrogen) atoms. The van der Waals surface area contributed by atoms with Crippen LogP contribution in [0.15, 0.2) is 41.3 Å². The third kappa shape index (κ3) is 3.69. The number of hydrogen-bond acceptors (Lipinski definition) is 6. The first kappa shape index (κ1) is 20.5. The van der Waals surface area contributed by atoms with Crippen molar-refractivity contribution in [2.45, 2.75) is 4.90 Å². The minimum Gasteiger partial charge on any atom is -0.486 e. The summed E-state index contributed by atoms with van der Waals surface area (Å²) in [6, 6.07) is 11.1. The first-order valence-corrected chi connectivity index (χ1v) is 11.1. The Labute approximate surface area is 179 Å². The number of benzene rings is 2. The lowest BCUT2D eigenvalue weighted by atomic mass is 10.1. The van der Waals surface area contributed by atoms with Crippen molar-refractivity contribution in [3.63, 3.8) is 0 Å². The van der Waals surface area contributed by atoms with E-state index >= 15 is 0 Å². The molecule has 0 unspecified atom stereocenters. The van der Waals surface area contributed by atoms with E-state index in [2.05, 4.69) is 0 Å². The summed E-state index contributed by atoms with van der Waals surface area (Å²) in [6.45, 7) is 1.48. The molecule has 1 amide bonds. The van der Waals surface area contributed by atoms with Gasteiger partial charge < -0.3 is 14.4 Å². The Bertz CT molecular complexity index is 1140. The molecule has 156 valence electrons. The van der Waals surface area contributed by atoms with E-state index in [0.717, 1.165) is 0 Å². The molecule has 10 heteroatoms. The van der Waals surface area contributed by atoms with Crippen LogP contribution in [0.4, 0.5) is 0 Å². The van der Waals surface area contributed by atoms with Crippen LogP contribution in [0.2, 0.25) is 5.02 Å². The smallest absolute Gasteiger partial charge is 0.254 e. The SMILES string of the molecule is N#Cc1ccccc1S(=O)(=O)N1CCN(C(=O)c2cc(Cl)c3c(c2)OCCO3)CC1. The highest BCUT2D eigenvalue weighted by atomic mass is 35.5. The molecular weight excluding hydrogens is 430 g/mol. The van der Waals surface area contributed by atoms with Gasteiger partial charge in [-0.05, 0) is 24.3 Å². The van der Waals surface area contributed by atoms with E-state index in [4.69, 9.17) is 21.1 Å². The fourth-order valence-electron chi connectivity index (χ4n) is 3.47. The Balaban J connectivity index is 1.49. The number of nitriles is 1. The van der Waals surface area contributed by atoms with Crippen LogP contribution in [0.1, 0.15) is 15.9 Å². The monoisotopic (exact) mass is 447 g/mol. The van der Waals surface area contributed by atoms with Gasteiger partial charge in [0.15, 0.2) is 11.5 Å². The van der Waals surface area contributed by atoms with Gasteiger partial charge in [0.25, 0.3) is 5.91 Å². The summed E-state index contributed by atoms with van der Waals surface area (Å²) in [5.41, 5.74) is 0.456. The third-order valence-electron chi connectivity index (χ3n) is 4.99. The van der Waals surface area contributed by atoms with Gasteiger partial charge in [-0.1, -0.05) is 23.7 Å². The maximum atomic E-state index is 12.9. The van der Waals surface area contributed by atoms with E-state index in [9.17, 15) is 18.5 Å². The summed E-state index contributed by atoms with van der Waals surface area (Å²) in [5, 5.41) is 9.51. The first-order valence-electron chi connectivity index (χ1n) is 9.29. The zero-order chi connectivity index (χ0) is 21.3. The molecule has 8 nitrogen and oxygen atoms in total. The van der Waals surface area contributed by atoms with E-state index in [1.54, 1.807) is 23.1 Å². The van der Waals surface area contributed by atoms with Crippen molar-refractivity contribution in [1.29, 1.82) is 5.26 Å². The van der Waals surface area contributed by atoms with E-state index in [0.29, 0.717) is 35.3 Å². The second kappa shape index (κ2) is 8.14. The molecule has 0 aliphatic carbocycles. The summed E-state index contributed by atoms with van der Waals surface area (Å²) in [6.07, 6.45) is 0. The lowest BCUT2D eigenvalue weighted by Gasteiger charge is -2.34. The first-order chi connectivity index (χ1) is 14.4. The Morgan fingerprint density at radius 1 is 1.07 bits per heavy atom. The van der Waals surface area contributed by atoms with Gasteiger partial charge in [-0.2, -0.15) is 9.57 Å². The van der Waals surface area contributed by atoms with Crippen molar-refractivity contribution in [3.05, 3.63) is 52.5 Å². The van der Waals surface area contributed by atoms with Crippen LogP contribution in [0.5, 0.6) is 11.5 Å². The largest absolute Gasteiger partial charge is 0.486 e. The van der Waals surface area contributed by atoms with Crippen molar-refractivity contribution in [2.24, 2.45) is 0 Å². The topological polar surface area (TPSA) is 99.9 Å². The maximum absolute atomic E-state index is 12.9. The van der Waals surface area contributed by atoms with Gasteiger partial charge in [0.1, 0.15) is 19.3 Å². The highest BCUT2D eigenvalue weighted by molar-refractivity contribution is 7.89. The molecule has 0 radical (unpaired) electrons. The number of carbonyl (C=O) groups excluding carboxylic acids is 1. The predicted molar refractivity (Wildman–Crippen MR) is 108 cm³/mol. The van der Waals surface area contributed by atoms with Gasteiger partial charge in [-0.25, -0.2) is 8.42 Å². The van der Waals surface area contributed by atoms with Crippen molar-refractivity contribution in [1.82, 2.24) is 9.21 Å². The molecule has 0 aromatic heterocycles. The van der Waals surface area contributed by atoms with Crippen LogP contribution in [0.25, 0.3) is 0 Å². The summed E-state index contributed by atoms with van der Waals surface area (Å²) in [4.78, 5) is 14.5. The molecule has 0 atom stereocenters. The van der Waals surface area contributed by atoms with Crippen molar-refractivity contribution >= 4 is 27.5 Å². The highest BCUT2D eigenvalue weighted by Gasteiger charge is 2.32. The van der Waals surface area contributed by atoms with E-state index in [-0.39, 0.29) is 42.5 Å². The Kier molecular flexibility index (Phi) is 5.56. The van der Waals surface area contributed by atoms with Gasteiger partial charge >= 0.3 is 0 Å². The van der Waals surface area contributed by atoms with Gasteiger partial charge in [0.2, 0.25) is 10.0 Å². The average molecular weight is 448 g/mol. The minimum absolute atomic E-state index is 0.0223. The number of nitrogens with zero attached hydrogens (tertiary/aromatic N) is 3. The fraction of sp³-hybridized carbons (Fsp3) is 0.300. The van der Waals surface area contributed by atoms with Crippen LogP contribution in [0.3, 0.4) is 0 Å². The summed E-state index contributed by atoms with van der Waals surface area (Å²) >= 11 is 6.22. The van der Waals surface area contributed by atoms with Crippen LogP contribution in [0, 0.1) is 11.3 Å². The number of fused-ring (bicyclic) bond motifs is 1. The molecule has 1 fully saturated rings. The number of halogens is 1. The molecule has 2 aliphatic heterocycles. The molecule has 2 aromatic carbocycles. The Morgan fingerprint density at radius 2 is 1.77 bits per heavy atom.